The average molecular weight is 245 g/mol. The number of H-pyrrole nitrogens is 1. The Morgan fingerprint density at radius 3 is 3.28 bits per heavy atom. The number of aromatic nitrogens is 2. The van der Waals surface area contributed by atoms with Crippen molar-refractivity contribution >= 4 is 16.7 Å². The van der Waals surface area contributed by atoms with Crippen LogP contribution in [0.1, 0.15) is 18.7 Å². The van der Waals surface area contributed by atoms with Crippen LogP contribution in [0.4, 0.5) is 5.69 Å². The summed E-state index contributed by atoms with van der Waals surface area (Å²) in [4.78, 5) is 7.66. The molecule has 0 amide bonds. The van der Waals surface area contributed by atoms with Crippen LogP contribution >= 0.6 is 0 Å². The highest BCUT2D eigenvalue weighted by molar-refractivity contribution is 5.79. The number of ether oxygens (including phenoxy) is 1. The number of fused-ring (bicyclic) bond motifs is 1. The van der Waals surface area contributed by atoms with Crippen LogP contribution in [-0.4, -0.2) is 29.7 Å². The highest BCUT2D eigenvalue weighted by Crippen LogP contribution is 2.19. The first-order chi connectivity index (χ1) is 8.81. The Kier molecular flexibility index (Phi) is 3.19. The maximum atomic E-state index is 5.49. The van der Waals surface area contributed by atoms with Crippen LogP contribution in [0.2, 0.25) is 0 Å². The van der Waals surface area contributed by atoms with Crippen molar-refractivity contribution in [1.82, 2.24) is 9.97 Å². The minimum Gasteiger partial charge on any atom is -0.385 e. The molecule has 0 radical (unpaired) electrons. The lowest BCUT2D eigenvalue weighted by atomic mass is 10.0. The van der Waals surface area contributed by atoms with Gasteiger partial charge >= 0.3 is 0 Å². The lowest BCUT2D eigenvalue weighted by molar-refractivity contribution is 0.0595. The maximum absolute atomic E-state index is 5.49. The topological polar surface area (TPSA) is 49.9 Å². The predicted molar refractivity (Wildman–Crippen MR) is 72.9 cm³/mol. The summed E-state index contributed by atoms with van der Waals surface area (Å²) in [6.07, 6.45) is 2.45. The largest absolute Gasteiger partial charge is 0.385 e. The smallest absolute Gasteiger partial charge is 0.104 e. The molecule has 0 bridgehead atoms. The summed E-state index contributed by atoms with van der Waals surface area (Å²) >= 11 is 0. The third-order valence-electron chi connectivity index (χ3n) is 3.45. The number of rotatable bonds is 3. The molecule has 1 atom stereocenters. The molecular weight excluding hydrogens is 226 g/mol. The highest BCUT2D eigenvalue weighted by Gasteiger charge is 2.13. The molecule has 2 N–H and O–H groups in total. The van der Waals surface area contributed by atoms with Crippen LogP contribution in [-0.2, 0) is 4.74 Å². The third-order valence-corrected chi connectivity index (χ3v) is 3.45. The van der Waals surface area contributed by atoms with Gasteiger partial charge in [0.15, 0.2) is 0 Å². The summed E-state index contributed by atoms with van der Waals surface area (Å²) in [5.74, 6) is 1.60. The number of hydrogen-bond acceptors (Lipinski definition) is 3. The molecular formula is C14H19N3O. The van der Waals surface area contributed by atoms with E-state index in [1.165, 1.54) is 12.8 Å². The van der Waals surface area contributed by atoms with E-state index in [1.807, 2.05) is 6.92 Å². The van der Waals surface area contributed by atoms with E-state index in [9.17, 15) is 0 Å². The molecule has 1 aliphatic heterocycles. The number of nitrogens with one attached hydrogen (secondary N) is 2. The van der Waals surface area contributed by atoms with E-state index in [2.05, 4.69) is 33.5 Å². The molecule has 1 unspecified atom stereocenters. The summed E-state index contributed by atoms with van der Waals surface area (Å²) < 4.78 is 5.49. The van der Waals surface area contributed by atoms with Gasteiger partial charge in [-0.1, -0.05) is 0 Å². The summed E-state index contributed by atoms with van der Waals surface area (Å²) in [7, 11) is 0. The molecule has 3 rings (SSSR count). The number of aryl methyl sites for hydroxylation is 1. The maximum Gasteiger partial charge on any atom is 0.104 e. The molecule has 2 heterocycles. The lowest BCUT2D eigenvalue weighted by Gasteiger charge is -2.22. The number of hydrogen-bond donors (Lipinski definition) is 2. The van der Waals surface area contributed by atoms with Gasteiger partial charge in [0.05, 0.1) is 17.6 Å². The van der Waals surface area contributed by atoms with Crippen LogP contribution in [0.5, 0.6) is 0 Å². The fraction of sp³-hybridized carbons (Fsp3) is 0.500. The van der Waals surface area contributed by atoms with Crippen molar-refractivity contribution in [1.29, 1.82) is 0 Å². The fourth-order valence-corrected chi connectivity index (χ4v) is 2.48. The summed E-state index contributed by atoms with van der Waals surface area (Å²) in [6, 6.07) is 6.27. The van der Waals surface area contributed by atoms with Crippen molar-refractivity contribution in [3.63, 3.8) is 0 Å². The molecule has 0 spiro atoms. The van der Waals surface area contributed by atoms with Gasteiger partial charge in [0.2, 0.25) is 0 Å². The van der Waals surface area contributed by atoms with Crippen molar-refractivity contribution in [2.75, 3.05) is 25.1 Å². The average Bonchev–Trinajstić information content (AvgIpc) is 2.77. The first kappa shape index (κ1) is 11.5. The molecule has 0 saturated carbocycles. The minimum absolute atomic E-state index is 0.637. The van der Waals surface area contributed by atoms with Gasteiger partial charge in [0, 0.05) is 18.8 Å². The zero-order valence-corrected chi connectivity index (χ0v) is 10.7. The van der Waals surface area contributed by atoms with Crippen LogP contribution < -0.4 is 5.32 Å². The van der Waals surface area contributed by atoms with E-state index in [1.54, 1.807) is 0 Å². The lowest BCUT2D eigenvalue weighted by Crippen LogP contribution is -2.24. The van der Waals surface area contributed by atoms with E-state index in [4.69, 9.17) is 4.74 Å². The first-order valence-electron chi connectivity index (χ1n) is 6.59. The summed E-state index contributed by atoms with van der Waals surface area (Å²) in [5, 5.41) is 3.49. The summed E-state index contributed by atoms with van der Waals surface area (Å²) in [6.45, 7) is 4.78. The molecule has 4 heteroatoms. The van der Waals surface area contributed by atoms with Crippen LogP contribution in [0.25, 0.3) is 11.0 Å². The van der Waals surface area contributed by atoms with Crippen molar-refractivity contribution in [2.24, 2.45) is 5.92 Å². The first-order valence-corrected chi connectivity index (χ1v) is 6.59. The predicted octanol–water partition coefficient (Wildman–Crippen LogP) is 2.71. The molecule has 96 valence electrons. The SMILES string of the molecule is Cc1nc2ccc(NCC3CCCOC3)cc2[nH]1. The Morgan fingerprint density at radius 2 is 2.44 bits per heavy atom. The quantitative estimate of drug-likeness (QED) is 0.874. The van der Waals surface area contributed by atoms with E-state index in [-0.39, 0.29) is 0 Å². The van der Waals surface area contributed by atoms with Gasteiger partial charge in [-0.25, -0.2) is 4.98 Å². The molecule has 4 nitrogen and oxygen atoms in total. The minimum atomic E-state index is 0.637. The van der Waals surface area contributed by atoms with Crippen molar-refractivity contribution in [3.8, 4) is 0 Å². The van der Waals surface area contributed by atoms with Crippen LogP contribution in [0.3, 0.4) is 0 Å². The van der Waals surface area contributed by atoms with E-state index < -0.39 is 0 Å². The fourth-order valence-electron chi connectivity index (χ4n) is 2.48. The van der Waals surface area contributed by atoms with Gasteiger partial charge in [0.25, 0.3) is 0 Å². The number of aromatic amines is 1. The molecule has 1 aromatic heterocycles. The molecule has 1 aliphatic rings. The number of benzene rings is 1. The van der Waals surface area contributed by atoms with E-state index in [0.29, 0.717) is 5.92 Å². The second-order valence-electron chi connectivity index (χ2n) is 5.02. The van der Waals surface area contributed by atoms with Crippen molar-refractivity contribution in [2.45, 2.75) is 19.8 Å². The van der Waals surface area contributed by atoms with E-state index >= 15 is 0 Å². The monoisotopic (exact) mass is 245 g/mol. The second kappa shape index (κ2) is 4.98. The van der Waals surface area contributed by atoms with Gasteiger partial charge < -0.3 is 15.0 Å². The number of nitrogens with zero attached hydrogens (tertiary/aromatic N) is 1. The Balaban J connectivity index is 1.66. The van der Waals surface area contributed by atoms with Gasteiger partial charge in [-0.2, -0.15) is 0 Å². The van der Waals surface area contributed by atoms with Crippen LogP contribution in [0, 0.1) is 12.8 Å². The zero-order valence-electron chi connectivity index (χ0n) is 10.7. The Labute approximate surface area is 107 Å². The number of anilines is 1. The van der Waals surface area contributed by atoms with Crippen molar-refractivity contribution < 1.29 is 4.74 Å². The van der Waals surface area contributed by atoms with Gasteiger partial charge in [-0.3, -0.25) is 0 Å². The Morgan fingerprint density at radius 1 is 1.50 bits per heavy atom. The number of imidazole rings is 1. The van der Waals surface area contributed by atoms with Gasteiger partial charge in [-0.05, 0) is 43.9 Å². The molecule has 18 heavy (non-hydrogen) atoms. The Bertz CT molecular complexity index is 529. The molecule has 0 aliphatic carbocycles. The molecule has 2 aromatic rings. The third kappa shape index (κ3) is 2.48. The van der Waals surface area contributed by atoms with Gasteiger partial charge in [-0.15, -0.1) is 0 Å². The zero-order chi connectivity index (χ0) is 12.4. The van der Waals surface area contributed by atoms with E-state index in [0.717, 1.165) is 42.3 Å². The normalized spacial score (nSPS) is 20.2. The standard InChI is InChI=1S/C14H19N3O/c1-10-16-13-5-4-12(7-14(13)17-10)15-8-11-3-2-6-18-9-11/h4-5,7,11,15H,2-3,6,8-9H2,1H3,(H,16,17). The molecule has 1 saturated heterocycles. The molecule has 1 aromatic carbocycles. The van der Waals surface area contributed by atoms with Gasteiger partial charge in [0.1, 0.15) is 5.82 Å². The van der Waals surface area contributed by atoms with Crippen molar-refractivity contribution in [3.05, 3.63) is 24.0 Å². The highest BCUT2D eigenvalue weighted by atomic mass is 16.5. The molecule has 1 fully saturated rings. The summed E-state index contributed by atoms with van der Waals surface area (Å²) in [5.41, 5.74) is 3.27. The second-order valence-corrected chi connectivity index (χ2v) is 5.02. The van der Waals surface area contributed by atoms with Crippen LogP contribution in [0.15, 0.2) is 18.2 Å². The Hall–Kier alpha value is -1.55.